The zero-order valence-electron chi connectivity index (χ0n) is 9.65. The maximum atomic E-state index is 11.1. The van der Waals surface area contributed by atoms with Crippen LogP contribution in [0.25, 0.3) is 0 Å². The second-order valence-corrected chi connectivity index (χ2v) is 4.38. The first-order chi connectivity index (χ1) is 6.06. The van der Waals surface area contributed by atoms with Gasteiger partial charge in [-0.3, -0.25) is 4.79 Å². The molecule has 0 spiro atoms. The molecule has 0 radical (unpaired) electrons. The lowest BCUT2D eigenvalue weighted by atomic mass is 9.73. The number of hydrogen-bond acceptors (Lipinski definition) is 1. The SMILES string of the molecule is CC(=O)C1(C)CCCCC1.CCC. The van der Waals surface area contributed by atoms with Gasteiger partial charge in [0.25, 0.3) is 0 Å². The molecule has 13 heavy (non-hydrogen) atoms. The minimum atomic E-state index is 0.0399. The predicted molar refractivity (Wildman–Crippen MR) is 57.8 cm³/mol. The lowest BCUT2D eigenvalue weighted by Crippen LogP contribution is -2.27. The molecule has 1 aliphatic rings. The fourth-order valence-electron chi connectivity index (χ4n) is 1.68. The Labute approximate surface area is 82.9 Å². The van der Waals surface area contributed by atoms with Gasteiger partial charge in [0, 0.05) is 5.41 Å². The van der Waals surface area contributed by atoms with Crippen LogP contribution in [-0.4, -0.2) is 5.78 Å². The van der Waals surface area contributed by atoms with Gasteiger partial charge in [-0.25, -0.2) is 0 Å². The first-order valence-electron chi connectivity index (χ1n) is 5.58. The lowest BCUT2D eigenvalue weighted by molar-refractivity contribution is -0.127. The normalized spacial score (nSPS) is 20.0. The van der Waals surface area contributed by atoms with E-state index in [1.165, 1.54) is 25.7 Å². The molecule has 0 bridgehead atoms. The Balaban J connectivity index is 0.000000424. The van der Waals surface area contributed by atoms with Gasteiger partial charge in [-0.05, 0) is 19.8 Å². The Morgan fingerprint density at radius 1 is 1.15 bits per heavy atom. The van der Waals surface area contributed by atoms with E-state index in [4.69, 9.17) is 0 Å². The predicted octanol–water partition coefficient (Wildman–Crippen LogP) is 3.96. The molecule has 0 aromatic heterocycles. The van der Waals surface area contributed by atoms with Gasteiger partial charge in [-0.1, -0.05) is 46.5 Å². The third kappa shape index (κ3) is 4.44. The molecule has 0 aromatic carbocycles. The van der Waals surface area contributed by atoms with Gasteiger partial charge in [-0.2, -0.15) is 0 Å². The number of Topliss-reactive ketones (excluding diaryl/α,β-unsaturated/α-hetero) is 1. The minimum absolute atomic E-state index is 0.0399. The van der Waals surface area contributed by atoms with Gasteiger partial charge < -0.3 is 0 Å². The Hall–Kier alpha value is -0.330. The van der Waals surface area contributed by atoms with Crippen molar-refractivity contribution >= 4 is 5.78 Å². The lowest BCUT2D eigenvalue weighted by Gasteiger charge is -2.30. The molecule has 1 fully saturated rings. The summed E-state index contributed by atoms with van der Waals surface area (Å²) in [4.78, 5) is 11.1. The summed E-state index contributed by atoms with van der Waals surface area (Å²) in [6.07, 6.45) is 7.29. The average Bonchev–Trinajstić information content (AvgIpc) is 2.07. The molecular weight excluding hydrogens is 160 g/mol. The smallest absolute Gasteiger partial charge is 0.135 e. The molecule has 0 aliphatic heterocycles. The molecule has 1 nitrogen and oxygen atoms in total. The van der Waals surface area contributed by atoms with E-state index in [0.717, 1.165) is 12.8 Å². The van der Waals surface area contributed by atoms with E-state index in [0.29, 0.717) is 5.78 Å². The second-order valence-electron chi connectivity index (χ2n) is 4.38. The highest BCUT2D eigenvalue weighted by molar-refractivity contribution is 5.81. The standard InChI is InChI=1S/C9H16O.C3H8/c1-8(10)9(2)6-4-3-5-7-9;1-3-2/h3-7H2,1-2H3;3H2,1-2H3. The van der Waals surface area contributed by atoms with E-state index in [-0.39, 0.29) is 5.41 Å². The van der Waals surface area contributed by atoms with Crippen LogP contribution in [0.1, 0.15) is 66.2 Å². The summed E-state index contributed by atoms with van der Waals surface area (Å²) >= 11 is 0. The first-order valence-corrected chi connectivity index (χ1v) is 5.58. The molecule has 0 unspecified atom stereocenters. The highest BCUT2D eigenvalue weighted by Crippen LogP contribution is 2.36. The molecule has 0 saturated heterocycles. The first kappa shape index (κ1) is 12.7. The minimum Gasteiger partial charge on any atom is -0.299 e. The Kier molecular flexibility index (Phi) is 6.02. The van der Waals surface area contributed by atoms with Crippen LogP contribution >= 0.6 is 0 Å². The molecule has 1 rings (SSSR count). The fourth-order valence-corrected chi connectivity index (χ4v) is 1.68. The molecule has 1 saturated carbocycles. The van der Waals surface area contributed by atoms with Crippen LogP contribution < -0.4 is 0 Å². The average molecular weight is 184 g/mol. The van der Waals surface area contributed by atoms with Crippen molar-refractivity contribution in [1.29, 1.82) is 0 Å². The summed E-state index contributed by atoms with van der Waals surface area (Å²) in [7, 11) is 0. The molecule has 0 N–H and O–H groups in total. The van der Waals surface area contributed by atoms with Crippen molar-refractivity contribution in [3.8, 4) is 0 Å². The highest BCUT2D eigenvalue weighted by Gasteiger charge is 2.30. The van der Waals surface area contributed by atoms with E-state index in [1.54, 1.807) is 6.92 Å². The van der Waals surface area contributed by atoms with Crippen molar-refractivity contribution < 1.29 is 4.79 Å². The van der Waals surface area contributed by atoms with Crippen LogP contribution in [0.4, 0.5) is 0 Å². The Bertz CT molecular complexity index is 143. The van der Waals surface area contributed by atoms with Crippen molar-refractivity contribution in [3.05, 3.63) is 0 Å². The maximum Gasteiger partial charge on any atom is 0.135 e. The number of hydrogen-bond donors (Lipinski definition) is 0. The van der Waals surface area contributed by atoms with Crippen LogP contribution in [0.3, 0.4) is 0 Å². The zero-order valence-corrected chi connectivity index (χ0v) is 9.65. The number of carbonyl (C=O) groups is 1. The molecule has 1 aliphatic carbocycles. The molecule has 0 heterocycles. The van der Waals surface area contributed by atoms with Gasteiger partial charge in [0.05, 0.1) is 0 Å². The van der Waals surface area contributed by atoms with Gasteiger partial charge in [0.1, 0.15) is 5.78 Å². The van der Waals surface area contributed by atoms with E-state index >= 15 is 0 Å². The van der Waals surface area contributed by atoms with Crippen LogP contribution in [0.5, 0.6) is 0 Å². The van der Waals surface area contributed by atoms with Gasteiger partial charge in [0.15, 0.2) is 0 Å². The fraction of sp³-hybridized carbons (Fsp3) is 0.917. The summed E-state index contributed by atoms with van der Waals surface area (Å²) in [5.74, 6) is 0.382. The molecule has 0 amide bonds. The van der Waals surface area contributed by atoms with Gasteiger partial charge in [0.2, 0.25) is 0 Å². The van der Waals surface area contributed by atoms with Crippen molar-refractivity contribution in [2.24, 2.45) is 5.41 Å². The van der Waals surface area contributed by atoms with Gasteiger partial charge in [-0.15, -0.1) is 0 Å². The summed E-state index contributed by atoms with van der Waals surface area (Å²) < 4.78 is 0. The third-order valence-corrected chi connectivity index (χ3v) is 2.81. The van der Waals surface area contributed by atoms with E-state index in [1.807, 2.05) is 0 Å². The maximum absolute atomic E-state index is 11.1. The topological polar surface area (TPSA) is 17.1 Å². The molecular formula is C12H24O. The molecule has 78 valence electrons. The molecule has 1 heteroatoms. The quantitative estimate of drug-likeness (QED) is 0.603. The van der Waals surface area contributed by atoms with Crippen molar-refractivity contribution in [1.82, 2.24) is 0 Å². The van der Waals surface area contributed by atoms with Crippen molar-refractivity contribution in [3.63, 3.8) is 0 Å². The van der Waals surface area contributed by atoms with Crippen molar-refractivity contribution in [2.45, 2.75) is 66.2 Å². The van der Waals surface area contributed by atoms with E-state index < -0.39 is 0 Å². The number of ketones is 1. The highest BCUT2D eigenvalue weighted by atomic mass is 16.1. The van der Waals surface area contributed by atoms with E-state index in [9.17, 15) is 4.79 Å². The Morgan fingerprint density at radius 2 is 1.54 bits per heavy atom. The van der Waals surface area contributed by atoms with Crippen LogP contribution in [-0.2, 0) is 4.79 Å². The summed E-state index contributed by atoms with van der Waals surface area (Å²) in [6.45, 7) is 8.08. The zero-order chi connectivity index (χ0) is 10.3. The summed E-state index contributed by atoms with van der Waals surface area (Å²) in [5, 5.41) is 0. The van der Waals surface area contributed by atoms with Crippen LogP contribution in [0, 0.1) is 5.41 Å². The molecule has 0 aromatic rings. The second kappa shape index (κ2) is 6.17. The third-order valence-electron chi connectivity index (χ3n) is 2.81. The van der Waals surface area contributed by atoms with Crippen LogP contribution in [0.15, 0.2) is 0 Å². The number of carbonyl (C=O) groups excluding carboxylic acids is 1. The Morgan fingerprint density at radius 3 is 1.77 bits per heavy atom. The molecule has 0 atom stereocenters. The summed E-state index contributed by atoms with van der Waals surface area (Å²) in [5.41, 5.74) is 0.0399. The monoisotopic (exact) mass is 184 g/mol. The summed E-state index contributed by atoms with van der Waals surface area (Å²) in [6, 6.07) is 0. The van der Waals surface area contributed by atoms with Crippen molar-refractivity contribution in [2.75, 3.05) is 0 Å². The van der Waals surface area contributed by atoms with Gasteiger partial charge >= 0.3 is 0 Å². The number of rotatable bonds is 1. The van der Waals surface area contributed by atoms with E-state index in [2.05, 4.69) is 20.8 Å². The largest absolute Gasteiger partial charge is 0.299 e. The van der Waals surface area contributed by atoms with Crippen LogP contribution in [0.2, 0.25) is 0 Å².